The number of aromatic nitrogens is 2. The number of carboxylic acid groups (broad SMARTS) is 1. The zero-order valence-corrected chi connectivity index (χ0v) is 13.0. The van der Waals surface area contributed by atoms with Crippen molar-refractivity contribution in [1.29, 1.82) is 0 Å². The van der Waals surface area contributed by atoms with E-state index >= 15 is 0 Å². The standard InChI is InChI=1S/C16H19N3O4/c1-11-17-9-14(19(11)2)13(8-15(20)21)18-16(22)23-10-12-6-4-3-5-7-12/h3-7,9,13H,8,10H2,1-2H3,(H,18,22)(H,20,21). The summed E-state index contributed by atoms with van der Waals surface area (Å²) >= 11 is 0. The van der Waals surface area contributed by atoms with Crippen LogP contribution in [0.4, 0.5) is 4.79 Å². The molecule has 1 heterocycles. The van der Waals surface area contributed by atoms with Gasteiger partial charge in [0.1, 0.15) is 12.4 Å². The number of aryl methyl sites for hydroxylation is 1. The highest BCUT2D eigenvalue weighted by molar-refractivity contribution is 5.71. The lowest BCUT2D eigenvalue weighted by Gasteiger charge is -2.17. The van der Waals surface area contributed by atoms with Crippen LogP contribution in [-0.4, -0.2) is 26.7 Å². The Morgan fingerprint density at radius 3 is 2.61 bits per heavy atom. The van der Waals surface area contributed by atoms with Crippen molar-refractivity contribution in [3.8, 4) is 0 Å². The fourth-order valence-corrected chi connectivity index (χ4v) is 2.15. The van der Waals surface area contributed by atoms with E-state index in [0.29, 0.717) is 5.69 Å². The first kappa shape index (κ1) is 16.5. The molecule has 0 saturated heterocycles. The number of nitrogens with zero attached hydrogens (tertiary/aromatic N) is 2. The van der Waals surface area contributed by atoms with Gasteiger partial charge < -0.3 is 19.7 Å². The first-order chi connectivity index (χ1) is 11.0. The molecule has 1 aromatic heterocycles. The van der Waals surface area contributed by atoms with Crippen LogP contribution in [0.1, 0.15) is 29.5 Å². The second-order valence-corrected chi connectivity index (χ2v) is 5.15. The van der Waals surface area contributed by atoms with E-state index in [1.165, 1.54) is 0 Å². The third-order valence-electron chi connectivity index (χ3n) is 3.50. The van der Waals surface area contributed by atoms with Crippen molar-refractivity contribution in [2.75, 3.05) is 0 Å². The molecule has 1 amide bonds. The molecule has 0 saturated carbocycles. The van der Waals surface area contributed by atoms with Crippen molar-refractivity contribution in [2.45, 2.75) is 26.0 Å². The van der Waals surface area contributed by atoms with E-state index in [4.69, 9.17) is 9.84 Å². The molecule has 7 heteroatoms. The number of rotatable bonds is 6. The van der Waals surface area contributed by atoms with Crippen molar-refractivity contribution in [1.82, 2.24) is 14.9 Å². The van der Waals surface area contributed by atoms with Gasteiger partial charge in [0.2, 0.25) is 0 Å². The second-order valence-electron chi connectivity index (χ2n) is 5.15. The van der Waals surface area contributed by atoms with E-state index in [9.17, 15) is 9.59 Å². The molecule has 0 fully saturated rings. The minimum Gasteiger partial charge on any atom is -0.481 e. The number of carbonyl (C=O) groups is 2. The molecule has 0 aliphatic rings. The summed E-state index contributed by atoms with van der Waals surface area (Å²) in [5, 5.41) is 11.6. The predicted molar refractivity (Wildman–Crippen MR) is 82.7 cm³/mol. The van der Waals surface area contributed by atoms with E-state index < -0.39 is 18.1 Å². The number of ether oxygens (including phenoxy) is 1. The number of alkyl carbamates (subject to hydrolysis) is 1. The Hall–Kier alpha value is -2.83. The average molecular weight is 317 g/mol. The van der Waals surface area contributed by atoms with Crippen molar-refractivity contribution in [3.05, 3.63) is 53.6 Å². The van der Waals surface area contributed by atoms with Crippen LogP contribution in [0, 0.1) is 6.92 Å². The van der Waals surface area contributed by atoms with Crippen LogP contribution in [0.3, 0.4) is 0 Å². The number of nitrogens with one attached hydrogen (secondary N) is 1. The van der Waals surface area contributed by atoms with Gasteiger partial charge in [-0.1, -0.05) is 30.3 Å². The quantitative estimate of drug-likeness (QED) is 0.851. The van der Waals surface area contributed by atoms with E-state index in [1.54, 1.807) is 24.7 Å². The highest BCUT2D eigenvalue weighted by atomic mass is 16.5. The SMILES string of the molecule is Cc1ncc(C(CC(=O)O)NC(=O)OCc2ccccc2)n1C. The van der Waals surface area contributed by atoms with E-state index in [2.05, 4.69) is 10.3 Å². The van der Waals surface area contributed by atoms with Crippen molar-refractivity contribution in [3.63, 3.8) is 0 Å². The molecule has 2 N–H and O–H groups in total. The number of amides is 1. The molecule has 2 aromatic rings. The molecule has 0 bridgehead atoms. The molecule has 7 nitrogen and oxygen atoms in total. The number of aliphatic carboxylic acids is 1. The molecule has 23 heavy (non-hydrogen) atoms. The Balaban J connectivity index is 2.01. The van der Waals surface area contributed by atoms with Crippen LogP contribution < -0.4 is 5.32 Å². The Bertz CT molecular complexity index is 682. The monoisotopic (exact) mass is 317 g/mol. The number of hydrogen-bond donors (Lipinski definition) is 2. The van der Waals surface area contributed by atoms with Gasteiger partial charge in [-0.25, -0.2) is 9.78 Å². The molecule has 122 valence electrons. The first-order valence-corrected chi connectivity index (χ1v) is 7.14. The molecule has 1 atom stereocenters. The lowest BCUT2D eigenvalue weighted by atomic mass is 10.1. The Morgan fingerprint density at radius 1 is 1.35 bits per heavy atom. The summed E-state index contributed by atoms with van der Waals surface area (Å²) in [5.74, 6) is -0.285. The number of imidazole rings is 1. The summed E-state index contributed by atoms with van der Waals surface area (Å²) in [6, 6.07) is 8.54. The summed E-state index contributed by atoms with van der Waals surface area (Å²) in [4.78, 5) is 27.1. The fourth-order valence-electron chi connectivity index (χ4n) is 2.15. The van der Waals surface area contributed by atoms with Gasteiger partial charge in [-0.15, -0.1) is 0 Å². The Kier molecular flexibility index (Phi) is 5.35. The number of hydrogen-bond acceptors (Lipinski definition) is 4. The second kappa shape index (κ2) is 7.44. The maximum atomic E-state index is 11.9. The number of carbonyl (C=O) groups excluding carboxylic acids is 1. The summed E-state index contributed by atoms with van der Waals surface area (Å²) in [7, 11) is 1.77. The van der Waals surface area contributed by atoms with Crippen LogP contribution in [0.25, 0.3) is 0 Å². The van der Waals surface area contributed by atoms with Gasteiger partial charge in [0, 0.05) is 7.05 Å². The lowest BCUT2D eigenvalue weighted by molar-refractivity contribution is -0.137. The third-order valence-corrected chi connectivity index (χ3v) is 3.50. The molecular formula is C16H19N3O4. The van der Waals surface area contributed by atoms with Crippen LogP contribution in [-0.2, 0) is 23.2 Å². The molecule has 0 spiro atoms. The van der Waals surface area contributed by atoms with Gasteiger partial charge in [-0.2, -0.15) is 0 Å². The zero-order valence-electron chi connectivity index (χ0n) is 13.0. The van der Waals surface area contributed by atoms with E-state index in [-0.39, 0.29) is 13.0 Å². The molecule has 2 rings (SSSR count). The topological polar surface area (TPSA) is 93.4 Å². The highest BCUT2D eigenvalue weighted by Gasteiger charge is 2.22. The molecule has 1 aromatic carbocycles. The minimum atomic E-state index is -1.02. The number of benzene rings is 1. The van der Waals surface area contributed by atoms with Gasteiger partial charge in [0.15, 0.2) is 0 Å². The highest BCUT2D eigenvalue weighted by Crippen LogP contribution is 2.17. The molecule has 0 aliphatic carbocycles. The number of carboxylic acids is 1. The van der Waals surface area contributed by atoms with Crippen molar-refractivity contribution >= 4 is 12.1 Å². The average Bonchev–Trinajstić information content (AvgIpc) is 2.85. The molecule has 0 radical (unpaired) electrons. The lowest BCUT2D eigenvalue weighted by Crippen LogP contribution is -2.31. The van der Waals surface area contributed by atoms with Gasteiger partial charge >= 0.3 is 12.1 Å². The largest absolute Gasteiger partial charge is 0.481 e. The van der Waals surface area contributed by atoms with E-state index in [1.807, 2.05) is 30.3 Å². The van der Waals surface area contributed by atoms with Gasteiger partial charge in [-0.3, -0.25) is 4.79 Å². The Labute approximate surface area is 133 Å². The van der Waals surface area contributed by atoms with Gasteiger partial charge in [0.05, 0.1) is 24.4 Å². The van der Waals surface area contributed by atoms with E-state index in [0.717, 1.165) is 11.4 Å². The summed E-state index contributed by atoms with van der Waals surface area (Å²) in [6.45, 7) is 1.92. The third kappa shape index (κ3) is 4.57. The minimum absolute atomic E-state index is 0.122. The van der Waals surface area contributed by atoms with Crippen LogP contribution in [0.15, 0.2) is 36.5 Å². The molecule has 0 aliphatic heterocycles. The fraction of sp³-hybridized carbons (Fsp3) is 0.312. The van der Waals surface area contributed by atoms with Crippen LogP contribution in [0.2, 0.25) is 0 Å². The van der Waals surface area contributed by atoms with Gasteiger partial charge in [0.25, 0.3) is 0 Å². The summed E-state index contributed by atoms with van der Waals surface area (Å²) < 4.78 is 6.88. The van der Waals surface area contributed by atoms with Gasteiger partial charge in [-0.05, 0) is 12.5 Å². The summed E-state index contributed by atoms with van der Waals surface area (Å²) in [6.07, 6.45) is 0.638. The zero-order chi connectivity index (χ0) is 16.8. The van der Waals surface area contributed by atoms with Crippen LogP contribution in [0.5, 0.6) is 0 Å². The molecular weight excluding hydrogens is 298 g/mol. The van der Waals surface area contributed by atoms with Crippen molar-refractivity contribution in [2.24, 2.45) is 7.05 Å². The van der Waals surface area contributed by atoms with Crippen LogP contribution >= 0.6 is 0 Å². The predicted octanol–water partition coefficient (Wildman–Crippen LogP) is 2.17. The first-order valence-electron chi connectivity index (χ1n) is 7.14. The van der Waals surface area contributed by atoms with Crippen molar-refractivity contribution < 1.29 is 19.4 Å². The normalized spacial score (nSPS) is 11.7. The maximum Gasteiger partial charge on any atom is 0.408 e. The Morgan fingerprint density at radius 2 is 2.04 bits per heavy atom. The maximum absolute atomic E-state index is 11.9. The summed E-state index contributed by atoms with van der Waals surface area (Å²) in [5.41, 5.74) is 1.47. The smallest absolute Gasteiger partial charge is 0.408 e. The molecule has 1 unspecified atom stereocenters.